The van der Waals surface area contributed by atoms with Crippen LogP contribution in [-0.4, -0.2) is 11.0 Å². The van der Waals surface area contributed by atoms with Crippen molar-refractivity contribution in [3.63, 3.8) is 0 Å². The van der Waals surface area contributed by atoms with Gasteiger partial charge in [0.05, 0.1) is 5.69 Å². The topological polar surface area (TPSA) is 46.2 Å². The van der Waals surface area contributed by atoms with Crippen LogP contribution < -0.4 is 5.32 Å². The zero-order valence-corrected chi connectivity index (χ0v) is 15.7. The predicted molar refractivity (Wildman–Crippen MR) is 96.5 cm³/mol. The van der Waals surface area contributed by atoms with E-state index in [0.29, 0.717) is 10.6 Å². The largest absolute Gasteiger partial charge is 0.324 e. The third-order valence-electron chi connectivity index (χ3n) is 4.51. The van der Waals surface area contributed by atoms with E-state index in [4.69, 9.17) is 0 Å². The van der Waals surface area contributed by atoms with Crippen LogP contribution in [0.1, 0.15) is 59.8 Å². The maximum Gasteiger partial charge on any atom is 0.230 e. The average molecular weight is 351 g/mol. The van der Waals surface area contributed by atoms with Gasteiger partial charge >= 0.3 is 0 Å². The third kappa shape index (κ3) is 4.59. The Bertz CT molecular complexity index is 631. The second-order valence-corrected chi connectivity index (χ2v) is 8.87. The Labute approximate surface area is 147 Å². The summed E-state index contributed by atoms with van der Waals surface area (Å²) in [7, 11) is 0. The molecule has 0 unspecified atom stereocenters. The van der Waals surface area contributed by atoms with E-state index in [2.05, 4.69) is 5.32 Å². The number of carbonyl (C=O) groups is 2. The summed E-state index contributed by atoms with van der Waals surface area (Å²) in [6.45, 7) is 7.49. The van der Waals surface area contributed by atoms with E-state index in [9.17, 15) is 14.0 Å². The Kier molecular flexibility index (Phi) is 5.74. The first-order valence-electron chi connectivity index (χ1n) is 8.45. The molecule has 0 radical (unpaired) electrons. The lowest BCUT2D eigenvalue weighted by Crippen LogP contribution is -2.35. The van der Waals surface area contributed by atoms with E-state index < -0.39 is 16.6 Å². The van der Waals surface area contributed by atoms with Gasteiger partial charge in [-0.3, -0.25) is 9.59 Å². The fraction of sp³-hybridized carbons (Fsp3) is 0.579. The first-order valence-corrected chi connectivity index (χ1v) is 9.27. The van der Waals surface area contributed by atoms with Gasteiger partial charge in [0.1, 0.15) is 5.82 Å². The highest BCUT2D eigenvalue weighted by Crippen LogP contribution is 2.39. The Morgan fingerprint density at radius 2 is 1.79 bits per heavy atom. The van der Waals surface area contributed by atoms with E-state index in [1.165, 1.54) is 12.1 Å². The molecule has 0 aromatic heterocycles. The van der Waals surface area contributed by atoms with Gasteiger partial charge < -0.3 is 5.32 Å². The molecular weight excluding hydrogens is 325 g/mol. The van der Waals surface area contributed by atoms with Gasteiger partial charge in [0.2, 0.25) is 5.91 Å². The number of rotatable bonds is 3. The van der Waals surface area contributed by atoms with Gasteiger partial charge in [-0.15, -0.1) is 0 Å². The number of anilines is 1. The molecule has 0 aliphatic heterocycles. The lowest BCUT2D eigenvalue weighted by Gasteiger charge is -2.32. The summed E-state index contributed by atoms with van der Waals surface area (Å²) in [6.07, 6.45) is 4.92. The van der Waals surface area contributed by atoms with Crippen LogP contribution in [0.4, 0.5) is 10.1 Å². The minimum Gasteiger partial charge on any atom is -0.324 e. The fourth-order valence-electron chi connectivity index (χ4n) is 2.77. The molecule has 0 spiro atoms. The smallest absolute Gasteiger partial charge is 0.230 e. The van der Waals surface area contributed by atoms with Gasteiger partial charge in [-0.1, -0.05) is 47.0 Å². The lowest BCUT2D eigenvalue weighted by molar-refractivity contribution is -0.126. The molecule has 24 heavy (non-hydrogen) atoms. The summed E-state index contributed by atoms with van der Waals surface area (Å²) < 4.78 is 13.7. The number of hydrogen-bond acceptors (Lipinski definition) is 3. The maximum absolute atomic E-state index is 13.7. The predicted octanol–water partition coefficient (Wildman–Crippen LogP) is 5.40. The van der Waals surface area contributed by atoms with Crippen LogP contribution in [0.3, 0.4) is 0 Å². The Morgan fingerprint density at radius 1 is 1.17 bits per heavy atom. The Balaban J connectivity index is 2.21. The van der Waals surface area contributed by atoms with Crippen LogP contribution in [0.15, 0.2) is 23.1 Å². The molecule has 132 valence electrons. The van der Waals surface area contributed by atoms with Crippen molar-refractivity contribution >= 4 is 28.5 Å². The van der Waals surface area contributed by atoms with Crippen molar-refractivity contribution in [1.82, 2.24) is 0 Å². The van der Waals surface area contributed by atoms with Gasteiger partial charge in [-0.05, 0) is 42.8 Å². The van der Waals surface area contributed by atoms with Crippen molar-refractivity contribution in [3.05, 3.63) is 24.0 Å². The summed E-state index contributed by atoms with van der Waals surface area (Å²) >= 11 is 1.05. The molecule has 2 rings (SSSR count). The molecule has 0 heterocycles. The van der Waals surface area contributed by atoms with Crippen molar-refractivity contribution < 1.29 is 14.0 Å². The zero-order valence-electron chi connectivity index (χ0n) is 14.9. The van der Waals surface area contributed by atoms with Crippen LogP contribution in [0, 0.1) is 16.6 Å². The normalized spacial score (nSPS) is 17.4. The molecule has 3 nitrogen and oxygen atoms in total. The van der Waals surface area contributed by atoms with Crippen LogP contribution >= 0.6 is 11.8 Å². The molecule has 0 atom stereocenters. The zero-order chi connectivity index (χ0) is 18.0. The van der Waals surface area contributed by atoms with E-state index in [1.54, 1.807) is 6.07 Å². The van der Waals surface area contributed by atoms with E-state index in [1.807, 2.05) is 27.7 Å². The van der Waals surface area contributed by atoms with Crippen molar-refractivity contribution in [2.45, 2.75) is 64.7 Å². The van der Waals surface area contributed by atoms with Gasteiger partial charge in [-0.25, -0.2) is 4.39 Å². The SMILES string of the molecule is CC(C)(C)C(=O)Sc1ccc(F)cc1NC(=O)C1(C)CCCCC1. The van der Waals surface area contributed by atoms with E-state index >= 15 is 0 Å². The summed E-state index contributed by atoms with van der Waals surface area (Å²) in [5.41, 5.74) is -0.537. The monoisotopic (exact) mass is 351 g/mol. The molecule has 1 amide bonds. The number of halogens is 1. The second kappa shape index (κ2) is 7.26. The molecule has 0 saturated heterocycles. The van der Waals surface area contributed by atoms with Gasteiger partial charge in [0.25, 0.3) is 0 Å². The number of carbonyl (C=O) groups excluding carboxylic acids is 2. The highest BCUT2D eigenvalue weighted by molar-refractivity contribution is 8.13. The van der Waals surface area contributed by atoms with Gasteiger partial charge in [0.15, 0.2) is 5.12 Å². The molecular formula is C19H26FNO2S. The van der Waals surface area contributed by atoms with Crippen molar-refractivity contribution in [1.29, 1.82) is 0 Å². The lowest BCUT2D eigenvalue weighted by atomic mass is 9.75. The van der Waals surface area contributed by atoms with Crippen molar-refractivity contribution in [3.8, 4) is 0 Å². The Hall–Kier alpha value is -1.36. The Morgan fingerprint density at radius 3 is 2.38 bits per heavy atom. The standard InChI is InChI=1S/C19H26FNO2S/c1-18(2,3)17(23)24-15-9-8-13(20)12-14(15)21-16(22)19(4)10-6-5-7-11-19/h8-9,12H,5-7,10-11H2,1-4H3,(H,21,22). The molecule has 0 bridgehead atoms. The van der Waals surface area contributed by atoms with Gasteiger partial charge in [0, 0.05) is 15.7 Å². The summed E-state index contributed by atoms with van der Waals surface area (Å²) in [4.78, 5) is 25.6. The molecule has 1 saturated carbocycles. The number of thioether (sulfide) groups is 1. The molecule has 5 heteroatoms. The van der Waals surface area contributed by atoms with Crippen LogP contribution in [0.2, 0.25) is 0 Å². The minimum absolute atomic E-state index is 0.0199. The van der Waals surface area contributed by atoms with E-state index in [0.717, 1.165) is 43.9 Å². The number of amides is 1. The number of hydrogen-bond donors (Lipinski definition) is 1. The fourth-order valence-corrected chi connectivity index (χ4v) is 3.64. The molecule has 1 fully saturated rings. The third-order valence-corrected chi connectivity index (χ3v) is 5.88. The molecule has 1 aromatic rings. The first kappa shape index (κ1) is 19.0. The second-order valence-electron chi connectivity index (χ2n) is 7.86. The quantitative estimate of drug-likeness (QED) is 0.742. The molecule has 1 N–H and O–H groups in total. The molecule has 1 aromatic carbocycles. The van der Waals surface area contributed by atoms with E-state index in [-0.39, 0.29) is 11.0 Å². The van der Waals surface area contributed by atoms with Crippen LogP contribution in [0.5, 0.6) is 0 Å². The van der Waals surface area contributed by atoms with Crippen LogP contribution in [0.25, 0.3) is 0 Å². The minimum atomic E-state index is -0.504. The molecule has 1 aliphatic rings. The van der Waals surface area contributed by atoms with Crippen molar-refractivity contribution in [2.75, 3.05) is 5.32 Å². The highest BCUT2D eigenvalue weighted by atomic mass is 32.2. The maximum atomic E-state index is 13.7. The summed E-state index contributed by atoms with van der Waals surface area (Å²) in [5, 5.41) is 2.85. The van der Waals surface area contributed by atoms with Crippen molar-refractivity contribution in [2.24, 2.45) is 10.8 Å². The van der Waals surface area contributed by atoms with Gasteiger partial charge in [-0.2, -0.15) is 0 Å². The number of benzene rings is 1. The molecule has 1 aliphatic carbocycles. The van der Waals surface area contributed by atoms with Crippen LogP contribution in [-0.2, 0) is 9.59 Å². The average Bonchev–Trinajstić information content (AvgIpc) is 2.49. The number of nitrogens with one attached hydrogen (secondary N) is 1. The summed E-state index contributed by atoms with van der Waals surface area (Å²) in [5.74, 6) is -0.510. The summed E-state index contributed by atoms with van der Waals surface area (Å²) in [6, 6.07) is 4.17. The highest BCUT2D eigenvalue weighted by Gasteiger charge is 2.35. The first-order chi connectivity index (χ1) is 11.1.